The van der Waals surface area contributed by atoms with Crippen LogP contribution in [0.3, 0.4) is 0 Å². The molecular formula is C21H31NO3S. The first-order chi connectivity index (χ1) is 12.2. The van der Waals surface area contributed by atoms with Crippen molar-refractivity contribution in [3.05, 3.63) is 29.8 Å². The molecular weight excluding hydrogens is 346 g/mol. The lowest BCUT2D eigenvalue weighted by molar-refractivity contribution is -0.121. The van der Waals surface area contributed by atoms with Crippen molar-refractivity contribution in [3.8, 4) is 0 Å². The maximum absolute atomic E-state index is 12.8. The van der Waals surface area contributed by atoms with E-state index in [0.717, 1.165) is 18.4 Å². The Kier molecular flexibility index (Phi) is 7.16. The van der Waals surface area contributed by atoms with Crippen molar-refractivity contribution >= 4 is 23.6 Å². The number of hydrogen-bond donors (Lipinski definition) is 0. The number of carbonyl (C=O) groups excluding carboxylic acids is 2. The third kappa shape index (κ3) is 5.76. The van der Waals surface area contributed by atoms with Gasteiger partial charge in [-0.15, -0.1) is 11.8 Å². The first-order valence-electron chi connectivity index (χ1n) is 9.35. The van der Waals surface area contributed by atoms with Crippen LogP contribution in [0, 0.1) is 5.92 Å². The lowest BCUT2D eigenvalue weighted by Gasteiger charge is -2.33. The molecule has 144 valence electrons. The minimum atomic E-state index is -0.468. The van der Waals surface area contributed by atoms with Crippen molar-refractivity contribution in [2.45, 2.75) is 63.4 Å². The van der Waals surface area contributed by atoms with Gasteiger partial charge in [0.15, 0.2) is 0 Å². The van der Waals surface area contributed by atoms with Crippen molar-refractivity contribution in [3.63, 3.8) is 0 Å². The summed E-state index contributed by atoms with van der Waals surface area (Å²) >= 11 is 1.68. The van der Waals surface area contributed by atoms with Crippen LogP contribution in [0.2, 0.25) is 0 Å². The number of Topliss-reactive ketones (excluding diaryl/α,β-unsaturated/α-hetero) is 1. The second-order valence-electron chi connectivity index (χ2n) is 8.04. The summed E-state index contributed by atoms with van der Waals surface area (Å²) in [5.74, 6) is 0.565. The van der Waals surface area contributed by atoms with Gasteiger partial charge in [0, 0.05) is 30.3 Å². The lowest BCUT2D eigenvalue weighted by Crippen LogP contribution is -2.42. The Hall–Kier alpha value is -1.49. The number of likely N-dealkylation sites (tertiary alicyclic amines) is 1. The summed E-state index contributed by atoms with van der Waals surface area (Å²) in [7, 11) is 0. The van der Waals surface area contributed by atoms with Crippen LogP contribution in [0.4, 0.5) is 4.79 Å². The zero-order chi connectivity index (χ0) is 19.3. The van der Waals surface area contributed by atoms with Crippen LogP contribution in [0.25, 0.3) is 0 Å². The Labute approximate surface area is 161 Å². The van der Waals surface area contributed by atoms with Gasteiger partial charge in [-0.05, 0) is 57.4 Å². The summed E-state index contributed by atoms with van der Waals surface area (Å²) in [6.45, 7) is 8.98. The molecule has 5 heteroatoms. The lowest BCUT2D eigenvalue weighted by atomic mass is 9.86. The smallest absolute Gasteiger partial charge is 0.410 e. The Bertz CT molecular complexity index is 630. The van der Waals surface area contributed by atoms with Crippen LogP contribution in [0.15, 0.2) is 29.2 Å². The molecule has 1 aromatic carbocycles. The van der Waals surface area contributed by atoms with Crippen molar-refractivity contribution in [2.24, 2.45) is 5.92 Å². The number of ketones is 1. The van der Waals surface area contributed by atoms with Gasteiger partial charge in [-0.25, -0.2) is 4.79 Å². The minimum absolute atomic E-state index is 0.0810. The monoisotopic (exact) mass is 377 g/mol. The highest BCUT2D eigenvalue weighted by molar-refractivity contribution is 7.98. The standard InChI is InChI=1S/C21H31NO3S/c1-15(17-8-6-7-9-19(17)26-5)18(23)14-16-10-12-22(13-11-16)20(24)25-21(2,3)4/h6-9,15-16H,10-14H2,1-5H3. The maximum atomic E-state index is 12.8. The summed E-state index contributed by atoms with van der Waals surface area (Å²) in [5, 5.41) is 0. The molecule has 2 rings (SSSR count). The molecule has 1 heterocycles. The van der Waals surface area contributed by atoms with E-state index in [4.69, 9.17) is 4.74 Å². The third-order valence-electron chi connectivity index (χ3n) is 4.84. The largest absolute Gasteiger partial charge is 0.444 e. The highest BCUT2D eigenvalue weighted by Gasteiger charge is 2.29. The van der Waals surface area contributed by atoms with Gasteiger partial charge in [-0.2, -0.15) is 0 Å². The predicted octanol–water partition coefficient (Wildman–Crippen LogP) is 5.12. The zero-order valence-electron chi connectivity index (χ0n) is 16.6. The van der Waals surface area contributed by atoms with Crippen LogP contribution in [-0.2, 0) is 9.53 Å². The first kappa shape index (κ1) is 20.8. The Morgan fingerprint density at radius 3 is 2.42 bits per heavy atom. The molecule has 1 saturated heterocycles. The molecule has 0 spiro atoms. The molecule has 1 atom stereocenters. The summed E-state index contributed by atoms with van der Waals surface area (Å²) in [4.78, 5) is 27.8. The molecule has 0 radical (unpaired) electrons. The molecule has 1 aliphatic heterocycles. The molecule has 1 fully saturated rings. The number of thioether (sulfide) groups is 1. The van der Waals surface area contributed by atoms with E-state index in [1.807, 2.05) is 46.1 Å². The topological polar surface area (TPSA) is 46.6 Å². The number of rotatable bonds is 5. The molecule has 0 aliphatic carbocycles. The van der Waals surface area contributed by atoms with Crippen molar-refractivity contribution in [1.29, 1.82) is 0 Å². The van der Waals surface area contributed by atoms with Gasteiger partial charge in [-0.3, -0.25) is 4.79 Å². The van der Waals surface area contributed by atoms with Gasteiger partial charge in [0.05, 0.1) is 0 Å². The molecule has 1 unspecified atom stereocenters. The van der Waals surface area contributed by atoms with E-state index in [1.54, 1.807) is 16.7 Å². The minimum Gasteiger partial charge on any atom is -0.444 e. The van der Waals surface area contributed by atoms with E-state index < -0.39 is 5.60 Å². The molecule has 0 aromatic heterocycles. The van der Waals surface area contributed by atoms with E-state index in [-0.39, 0.29) is 12.0 Å². The van der Waals surface area contributed by atoms with E-state index in [0.29, 0.717) is 31.2 Å². The average Bonchev–Trinajstić information content (AvgIpc) is 2.60. The predicted molar refractivity (Wildman–Crippen MR) is 107 cm³/mol. The molecule has 1 amide bonds. The molecule has 4 nitrogen and oxygen atoms in total. The number of amides is 1. The van der Waals surface area contributed by atoms with Crippen LogP contribution in [0.5, 0.6) is 0 Å². The summed E-state index contributed by atoms with van der Waals surface area (Å²) in [5.41, 5.74) is 0.653. The molecule has 0 bridgehead atoms. The van der Waals surface area contributed by atoms with E-state index in [9.17, 15) is 9.59 Å². The molecule has 0 N–H and O–H groups in total. The summed E-state index contributed by atoms with van der Waals surface area (Å²) in [6, 6.07) is 8.14. The number of benzene rings is 1. The highest BCUT2D eigenvalue weighted by atomic mass is 32.2. The Morgan fingerprint density at radius 1 is 1.23 bits per heavy atom. The second kappa shape index (κ2) is 8.94. The molecule has 0 saturated carbocycles. The van der Waals surface area contributed by atoms with Gasteiger partial charge in [0.1, 0.15) is 11.4 Å². The van der Waals surface area contributed by atoms with E-state index in [1.165, 1.54) is 4.90 Å². The Morgan fingerprint density at radius 2 is 1.85 bits per heavy atom. The van der Waals surface area contributed by atoms with Gasteiger partial charge >= 0.3 is 6.09 Å². The van der Waals surface area contributed by atoms with Crippen molar-refractivity contribution < 1.29 is 14.3 Å². The van der Waals surface area contributed by atoms with E-state index >= 15 is 0 Å². The number of hydrogen-bond acceptors (Lipinski definition) is 4. The van der Waals surface area contributed by atoms with Gasteiger partial charge < -0.3 is 9.64 Å². The number of nitrogens with zero attached hydrogens (tertiary/aromatic N) is 1. The first-order valence-corrected chi connectivity index (χ1v) is 10.6. The fraction of sp³-hybridized carbons (Fsp3) is 0.619. The Balaban J connectivity index is 1.87. The maximum Gasteiger partial charge on any atom is 0.410 e. The highest BCUT2D eigenvalue weighted by Crippen LogP contribution is 2.31. The van der Waals surface area contributed by atoms with E-state index in [2.05, 4.69) is 12.1 Å². The van der Waals surface area contributed by atoms with Gasteiger partial charge in [0.2, 0.25) is 0 Å². The SMILES string of the molecule is CSc1ccccc1C(C)C(=O)CC1CCN(C(=O)OC(C)(C)C)CC1. The van der Waals surface area contributed by atoms with Crippen LogP contribution in [0.1, 0.15) is 58.4 Å². The number of carbonyl (C=O) groups is 2. The van der Waals surface area contributed by atoms with Crippen LogP contribution < -0.4 is 0 Å². The fourth-order valence-corrected chi connectivity index (χ4v) is 4.00. The van der Waals surface area contributed by atoms with Crippen LogP contribution >= 0.6 is 11.8 Å². The van der Waals surface area contributed by atoms with Gasteiger partial charge in [0.25, 0.3) is 0 Å². The molecule has 1 aliphatic rings. The number of ether oxygens (including phenoxy) is 1. The number of piperidine rings is 1. The van der Waals surface area contributed by atoms with Gasteiger partial charge in [-0.1, -0.05) is 25.1 Å². The zero-order valence-corrected chi connectivity index (χ0v) is 17.4. The average molecular weight is 378 g/mol. The normalized spacial score (nSPS) is 17.0. The molecule has 1 aromatic rings. The summed E-state index contributed by atoms with van der Waals surface area (Å²) < 4.78 is 5.43. The fourth-order valence-electron chi connectivity index (χ4n) is 3.31. The molecule has 26 heavy (non-hydrogen) atoms. The van der Waals surface area contributed by atoms with Crippen molar-refractivity contribution in [2.75, 3.05) is 19.3 Å². The van der Waals surface area contributed by atoms with Crippen LogP contribution in [-0.4, -0.2) is 41.7 Å². The van der Waals surface area contributed by atoms with Crippen molar-refractivity contribution in [1.82, 2.24) is 4.90 Å². The second-order valence-corrected chi connectivity index (χ2v) is 8.89. The third-order valence-corrected chi connectivity index (χ3v) is 5.66. The summed E-state index contributed by atoms with van der Waals surface area (Å²) in [6.07, 6.45) is 4.11. The quantitative estimate of drug-likeness (QED) is 0.668.